The molecule has 6 nitrogen and oxygen atoms in total. The van der Waals surface area contributed by atoms with Crippen LogP contribution in [0.15, 0.2) is 12.4 Å². The van der Waals surface area contributed by atoms with E-state index < -0.39 is 0 Å². The Hall–Kier alpha value is -1.79. The summed E-state index contributed by atoms with van der Waals surface area (Å²) >= 11 is 0. The Balaban J connectivity index is 1.69. The third-order valence-corrected chi connectivity index (χ3v) is 5.09. The zero-order valence-electron chi connectivity index (χ0n) is 13.8. The Kier molecular flexibility index (Phi) is 3.66. The van der Waals surface area contributed by atoms with E-state index >= 15 is 0 Å². The maximum atomic E-state index is 5.64. The van der Waals surface area contributed by atoms with Gasteiger partial charge >= 0.3 is 0 Å². The van der Waals surface area contributed by atoms with Crippen molar-refractivity contribution in [1.29, 1.82) is 0 Å². The molecule has 2 aromatic heterocycles. The van der Waals surface area contributed by atoms with Crippen LogP contribution < -0.4 is 0 Å². The van der Waals surface area contributed by atoms with Crippen molar-refractivity contribution >= 4 is 0 Å². The molecule has 1 N–H and O–H groups in total. The SMILES string of the molecule is Cc1cc(CN2CCc3[nH]cnc3C23CCOCC3)nc(C)n1. The molecule has 4 heterocycles. The first-order chi connectivity index (χ1) is 11.2. The van der Waals surface area contributed by atoms with Crippen molar-refractivity contribution < 1.29 is 4.74 Å². The number of fused-ring (bicyclic) bond motifs is 2. The molecule has 2 aliphatic rings. The highest BCUT2D eigenvalue weighted by Crippen LogP contribution is 2.42. The fourth-order valence-corrected chi connectivity index (χ4v) is 4.09. The number of rotatable bonds is 2. The summed E-state index contributed by atoms with van der Waals surface area (Å²) in [6, 6.07) is 2.10. The van der Waals surface area contributed by atoms with Gasteiger partial charge in [-0.05, 0) is 32.8 Å². The summed E-state index contributed by atoms with van der Waals surface area (Å²) in [5.74, 6) is 0.846. The number of aromatic amines is 1. The van der Waals surface area contributed by atoms with E-state index in [-0.39, 0.29) is 5.54 Å². The van der Waals surface area contributed by atoms with Crippen molar-refractivity contribution in [3.63, 3.8) is 0 Å². The van der Waals surface area contributed by atoms with Crippen LogP contribution >= 0.6 is 0 Å². The number of aromatic nitrogens is 4. The number of nitrogens with one attached hydrogen (secondary N) is 1. The third kappa shape index (κ3) is 2.56. The normalized spacial score (nSPS) is 20.6. The molecule has 0 saturated carbocycles. The molecule has 0 aromatic carbocycles. The summed E-state index contributed by atoms with van der Waals surface area (Å²) < 4.78 is 5.64. The monoisotopic (exact) mass is 313 g/mol. The van der Waals surface area contributed by atoms with E-state index in [2.05, 4.69) is 30.9 Å². The smallest absolute Gasteiger partial charge is 0.125 e. The fraction of sp³-hybridized carbons (Fsp3) is 0.588. The number of hydrogen-bond acceptors (Lipinski definition) is 5. The standard InChI is InChI=1S/C17H23N5O/c1-12-9-14(21-13(2)20-12)10-22-6-3-15-16(19-11-18-15)17(22)4-7-23-8-5-17/h9,11H,3-8,10H2,1-2H3,(H,18,19). The second-order valence-corrected chi connectivity index (χ2v) is 6.59. The van der Waals surface area contributed by atoms with Gasteiger partial charge in [0.25, 0.3) is 0 Å². The van der Waals surface area contributed by atoms with E-state index in [1.54, 1.807) is 0 Å². The summed E-state index contributed by atoms with van der Waals surface area (Å²) in [5.41, 5.74) is 4.62. The molecule has 1 spiro atoms. The number of H-pyrrole nitrogens is 1. The minimum Gasteiger partial charge on any atom is -0.381 e. The first-order valence-corrected chi connectivity index (χ1v) is 8.34. The largest absolute Gasteiger partial charge is 0.381 e. The predicted molar refractivity (Wildman–Crippen MR) is 85.9 cm³/mol. The molecule has 122 valence electrons. The number of aryl methyl sites for hydroxylation is 2. The quantitative estimate of drug-likeness (QED) is 0.917. The van der Waals surface area contributed by atoms with Crippen LogP contribution in [0.4, 0.5) is 0 Å². The lowest BCUT2D eigenvalue weighted by molar-refractivity contribution is -0.0455. The van der Waals surface area contributed by atoms with Crippen LogP contribution in [0.1, 0.15) is 41.4 Å². The van der Waals surface area contributed by atoms with Crippen molar-refractivity contribution in [2.24, 2.45) is 0 Å². The maximum absolute atomic E-state index is 5.64. The molecule has 1 fully saturated rings. The van der Waals surface area contributed by atoms with E-state index in [1.165, 1.54) is 11.4 Å². The molecule has 0 amide bonds. The molecule has 4 rings (SSSR count). The van der Waals surface area contributed by atoms with Gasteiger partial charge in [-0.15, -0.1) is 0 Å². The summed E-state index contributed by atoms with van der Waals surface area (Å²) in [4.78, 5) is 19.6. The van der Waals surface area contributed by atoms with Gasteiger partial charge in [-0.2, -0.15) is 0 Å². The highest BCUT2D eigenvalue weighted by Gasteiger charge is 2.45. The molecule has 0 atom stereocenters. The topological polar surface area (TPSA) is 66.9 Å². The summed E-state index contributed by atoms with van der Waals surface area (Å²) in [5, 5.41) is 0. The number of nitrogens with zero attached hydrogens (tertiary/aromatic N) is 4. The van der Waals surface area contributed by atoms with E-state index in [9.17, 15) is 0 Å². The number of imidazole rings is 1. The Morgan fingerprint density at radius 2 is 2.09 bits per heavy atom. The van der Waals surface area contributed by atoms with Gasteiger partial charge < -0.3 is 9.72 Å². The van der Waals surface area contributed by atoms with Gasteiger partial charge in [-0.25, -0.2) is 15.0 Å². The average molecular weight is 313 g/mol. The van der Waals surface area contributed by atoms with Crippen molar-refractivity contribution in [1.82, 2.24) is 24.8 Å². The van der Waals surface area contributed by atoms with Crippen molar-refractivity contribution in [2.75, 3.05) is 19.8 Å². The second kappa shape index (κ2) is 5.69. The minimum absolute atomic E-state index is 0.0153. The number of ether oxygens (including phenoxy) is 1. The van der Waals surface area contributed by atoms with Crippen LogP contribution in [0.2, 0.25) is 0 Å². The predicted octanol–water partition coefficient (Wildman–Crippen LogP) is 1.88. The Bertz CT molecular complexity index is 685. The third-order valence-electron chi connectivity index (χ3n) is 5.09. The van der Waals surface area contributed by atoms with E-state index in [0.29, 0.717) is 0 Å². The molecule has 0 unspecified atom stereocenters. The Morgan fingerprint density at radius 3 is 2.87 bits per heavy atom. The first kappa shape index (κ1) is 14.8. The molecule has 23 heavy (non-hydrogen) atoms. The molecule has 0 aliphatic carbocycles. The van der Waals surface area contributed by atoms with Crippen LogP contribution in [-0.2, 0) is 23.2 Å². The molecule has 2 aliphatic heterocycles. The summed E-state index contributed by atoms with van der Waals surface area (Å²) in [7, 11) is 0. The molecule has 0 radical (unpaired) electrons. The lowest BCUT2D eigenvalue weighted by Crippen LogP contribution is -2.53. The summed E-state index contributed by atoms with van der Waals surface area (Å²) in [6.45, 7) is 7.45. The lowest BCUT2D eigenvalue weighted by atomic mass is 9.80. The molecule has 2 aromatic rings. The lowest BCUT2D eigenvalue weighted by Gasteiger charge is -2.48. The molecule has 0 bridgehead atoms. The van der Waals surface area contributed by atoms with E-state index in [4.69, 9.17) is 4.74 Å². The van der Waals surface area contributed by atoms with Crippen LogP contribution in [-0.4, -0.2) is 44.6 Å². The van der Waals surface area contributed by atoms with Gasteiger partial charge in [0.2, 0.25) is 0 Å². The average Bonchev–Trinajstić information content (AvgIpc) is 3.00. The highest BCUT2D eigenvalue weighted by atomic mass is 16.5. The van der Waals surface area contributed by atoms with Gasteiger partial charge in [0.15, 0.2) is 0 Å². The van der Waals surface area contributed by atoms with Gasteiger partial charge in [0.05, 0.1) is 23.3 Å². The van der Waals surface area contributed by atoms with Crippen molar-refractivity contribution in [2.45, 2.75) is 45.2 Å². The van der Waals surface area contributed by atoms with Crippen LogP contribution in [0.25, 0.3) is 0 Å². The zero-order valence-corrected chi connectivity index (χ0v) is 13.8. The van der Waals surface area contributed by atoms with Crippen molar-refractivity contribution in [3.8, 4) is 0 Å². The minimum atomic E-state index is -0.0153. The number of hydrogen-bond donors (Lipinski definition) is 1. The first-order valence-electron chi connectivity index (χ1n) is 8.34. The molecular weight excluding hydrogens is 290 g/mol. The van der Waals surface area contributed by atoms with E-state index in [1.807, 2.05) is 20.2 Å². The van der Waals surface area contributed by atoms with Gasteiger partial charge in [-0.1, -0.05) is 0 Å². The summed E-state index contributed by atoms with van der Waals surface area (Å²) in [6.07, 6.45) is 4.84. The Morgan fingerprint density at radius 1 is 1.26 bits per heavy atom. The fourth-order valence-electron chi connectivity index (χ4n) is 4.09. The van der Waals surface area contributed by atoms with Crippen LogP contribution in [0.5, 0.6) is 0 Å². The van der Waals surface area contributed by atoms with Crippen molar-refractivity contribution in [3.05, 3.63) is 41.0 Å². The van der Waals surface area contributed by atoms with Gasteiger partial charge in [0.1, 0.15) is 5.82 Å². The molecular formula is C17H23N5O. The van der Waals surface area contributed by atoms with Crippen LogP contribution in [0.3, 0.4) is 0 Å². The highest BCUT2D eigenvalue weighted by molar-refractivity contribution is 5.27. The van der Waals surface area contributed by atoms with E-state index in [0.717, 1.165) is 62.8 Å². The second-order valence-electron chi connectivity index (χ2n) is 6.59. The molecule has 1 saturated heterocycles. The van der Waals surface area contributed by atoms with Gasteiger partial charge in [-0.3, -0.25) is 4.90 Å². The zero-order chi connectivity index (χ0) is 15.9. The van der Waals surface area contributed by atoms with Crippen LogP contribution in [0, 0.1) is 13.8 Å². The van der Waals surface area contributed by atoms with Gasteiger partial charge in [0, 0.05) is 44.1 Å². The maximum Gasteiger partial charge on any atom is 0.125 e. The molecule has 6 heteroatoms. The Labute approximate surface area is 136 Å².